The minimum atomic E-state index is -0.498. The summed E-state index contributed by atoms with van der Waals surface area (Å²) in [5.41, 5.74) is 2.69. The van der Waals surface area contributed by atoms with Crippen LogP contribution < -0.4 is 4.90 Å². The number of pyridine rings is 2. The maximum atomic E-state index is 13.4. The minimum absolute atomic E-state index is 0.171. The molecule has 1 spiro atoms. The van der Waals surface area contributed by atoms with Gasteiger partial charge in [0.25, 0.3) is 0 Å². The largest absolute Gasteiger partial charge is 0.290 e. The molecule has 2 aromatic heterocycles. The lowest BCUT2D eigenvalue weighted by atomic mass is 9.79. The first-order valence-corrected chi connectivity index (χ1v) is 7.65. The number of carbonyl (C=O) groups is 1. The Bertz CT molecular complexity index is 751. The van der Waals surface area contributed by atoms with Crippen molar-refractivity contribution in [2.75, 3.05) is 4.90 Å². The first-order chi connectivity index (χ1) is 10.4. The first kappa shape index (κ1) is 13.4. The van der Waals surface area contributed by atoms with Crippen molar-refractivity contribution in [1.29, 1.82) is 0 Å². The van der Waals surface area contributed by atoms with Crippen LogP contribution in [0.25, 0.3) is 0 Å². The number of carbonyl (C=O) groups excluding carboxylic acids is 1. The second kappa shape index (κ2) is 4.15. The molecule has 0 aromatic carbocycles. The van der Waals surface area contributed by atoms with Gasteiger partial charge >= 0.3 is 0 Å². The molecule has 22 heavy (non-hydrogen) atoms. The second-order valence-electron chi connectivity index (χ2n) is 7.27. The molecular weight excluding hydrogens is 274 g/mol. The maximum Gasteiger partial charge on any atom is 0.240 e. The van der Waals surface area contributed by atoms with E-state index in [1.54, 1.807) is 6.20 Å². The Morgan fingerprint density at radius 3 is 2.64 bits per heavy atom. The molecule has 2 aromatic rings. The van der Waals surface area contributed by atoms with Crippen LogP contribution in [0.2, 0.25) is 0 Å². The number of rotatable bonds is 0. The molecule has 0 bridgehead atoms. The molecule has 4 heteroatoms. The third-order valence-corrected chi connectivity index (χ3v) is 4.79. The molecule has 1 unspecified atom stereocenters. The Morgan fingerprint density at radius 2 is 1.91 bits per heavy atom. The Kier molecular flexibility index (Phi) is 2.54. The van der Waals surface area contributed by atoms with Crippen LogP contribution in [0, 0.1) is 0 Å². The number of fused-ring (bicyclic) bond motifs is 3. The molecule has 0 saturated carbocycles. The van der Waals surface area contributed by atoms with Crippen molar-refractivity contribution in [2.24, 2.45) is 0 Å². The van der Waals surface area contributed by atoms with Crippen LogP contribution in [0.1, 0.15) is 37.5 Å². The van der Waals surface area contributed by atoms with E-state index in [2.05, 4.69) is 36.8 Å². The molecule has 0 saturated heterocycles. The second-order valence-corrected chi connectivity index (χ2v) is 7.27. The van der Waals surface area contributed by atoms with Gasteiger partial charge in [-0.3, -0.25) is 14.7 Å². The van der Waals surface area contributed by atoms with Gasteiger partial charge in [-0.1, -0.05) is 6.07 Å². The van der Waals surface area contributed by atoms with E-state index in [4.69, 9.17) is 0 Å². The Morgan fingerprint density at radius 1 is 1.14 bits per heavy atom. The van der Waals surface area contributed by atoms with Gasteiger partial charge in [0, 0.05) is 29.7 Å². The summed E-state index contributed by atoms with van der Waals surface area (Å²) >= 11 is 0. The van der Waals surface area contributed by atoms with Crippen LogP contribution in [0.3, 0.4) is 0 Å². The summed E-state index contributed by atoms with van der Waals surface area (Å²) in [7, 11) is 0. The highest BCUT2D eigenvalue weighted by Crippen LogP contribution is 2.50. The molecule has 1 amide bonds. The topological polar surface area (TPSA) is 46.1 Å². The molecule has 0 fully saturated rings. The van der Waals surface area contributed by atoms with E-state index in [0.29, 0.717) is 0 Å². The van der Waals surface area contributed by atoms with Gasteiger partial charge < -0.3 is 0 Å². The highest BCUT2D eigenvalue weighted by molar-refractivity contribution is 6.09. The van der Waals surface area contributed by atoms with E-state index in [0.717, 1.165) is 24.2 Å². The maximum absolute atomic E-state index is 13.4. The smallest absolute Gasteiger partial charge is 0.240 e. The van der Waals surface area contributed by atoms with E-state index in [-0.39, 0.29) is 11.4 Å². The number of amides is 1. The van der Waals surface area contributed by atoms with Gasteiger partial charge in [-0.2, -0.15) is 0 Å². The van der Waals surface area contributed by atoms with Crippen molar-refractivity contribution in [1.82, 2.24) is 9.97 Å². The van der Waals surface area contributed by atoms with Crippen molar-refractivity contribution in [3.63, 3.8) is 0 Å². The van der Waals surface area contributed by atoms with Gasteiger partial charge in [-0.15, -0.1) is 0 Å². The number of nitrogens with zero attached hydrogens (tertiary/aromatic N) is 3. The van der Waals surface area contributed by atoms with Crippen LogP contribution in [-0.2, 0) is 23.1 Å². The van der Waals surface area contributed by atoms with Crippen molar-refractivity contribution < 1.29 is 4.79 Å². The van der Waals surface area contributed by atoms with Crippen LogP contribution in [0.4, 0.5) is 5.82 Å². The average molecular weight is 293 g/mol. The fourth-order valence-electron chi connectivity index (χ4n) is 3.84. The highest BCUT2D eigenvalue weighted by Gasteiger charge is 2.56. The third kappa shape index (κ3) is 1.61. The molecule has 2 aliphatic rings. The SMILES string of the molecule is CC(C)(C)N1C(=O)C2(Cc3ccncc3C2)c2cccnc21. The lowest BCUT2D eigenvalue weighted by Crippen LogP contribution is -2.49. The zero-order valence-corrected chi connectivity index (χ0v) is 13.1. The molecule has 112 valence electrons. The standard InChI is InChI=1S/C18H19N3O/c1-17(2,3)21-15-14(5-4-7-20-15)18(16(21)22)9-12-6-8-19-11-13(12)10-18/h4-8,11H,9-10H2,1-3H3. The zero-order valence-electron chi connectivity index (χ0n) is 13.1. The lowest BCUT2D eigenvalue weighted by Gasteiger charge is -2.33. The molecule has 0 radical (unpaired) electrons. The molecular formula is C18H19N3O. The van der Waals surface area contributed by atoms with Crippen LogP contribution in [0.5, 0.6) is 0 Å². The predicted octanol–water partition coefficient (Wildman–Crippen LogP) is 2.66. The van der Waals surface area contributed by atoms with Crippen molar-refractivity contribution in [3.05, 3.63) is 53.5 Å². The molecule has 4 nitrogen and oxygen atoms in total. The zero-order chi connectivity index (χ0) is 15.5. The van der Waals surface area contributed by atoms with Crippen LogP contribution in [-0.4, -0.2) is 21.4 Å². The number of hydrogen-bond donors (Lipinski definition) is 0. The van der Waals surface area contributed by atoms with E-state index in [1.165, 1.54) is 11.1 Å². The lowest BCUT2D eigenvalue weighted by molar-refractivity contribution is -0.123. The Balaban J connectivity index is 1.91. The molecule has 1 atom stereocenters. The van der Waals surface area contributed by atoms with Crippen LogP contribution in [0.15, 0.2) is 36.8 Å². The minimum Gasteiger partial charge on any atom is -0.290 e. The molecule has 1 aliphatic carbocycles. The molecule has 1 aliphatic heterocycles. The monoisotopic (exact) mass is 293 g/mol. The number of anilines is 1. The summed E-state index contributed by atoms with van der Waals surface area (Å²) in [6.45, 7) is 6.18. The summed E-state index contributed by atoms with van der Waals surface area (Å²) < 4.78 is 0. The van der Waals surface area contributed by atoms with Gasteiger partial charge in [0.1, 0.15) is 5.82 Å². The van der Waals surface area contributed by atoms with Gasteiger partial charge in [0.15, 0.2) is 0 Å². The van der Waals surface area contributed by atoms with Crippen LogP contribution >= 0.6 is 0 Å². The average Bonchev–Trinajstić information content (AvgIpc) is 2.96. The van der Waals surface area contributed by atoms with Gasteiger partial charge in [-0.25, -0.2) is 4.98 Å². The normalized spacial score (nSPS) is 23.0. The summed E-state index contributed by atoms with van der Waals surface area (Å²) in [6.07, 6.45) is 6.94. The van der Waals surface area contributed by atoms with Gasteiger partial charge in [0.2, 0.25) is 5.91 Å². The van der Waals surface area contributed by atoms with Gasteiger partial charge in [0.05, 0.1) is 5.41 Å². The highest BCUT2D eigenvalue weighted by atomic mass is 16.2. The fraction of sp³-hybridized carbons (Fsp3) is 0.389. The number of hydrogen-bond acceptors (Lipinski definition) is 3. The molecule has 0 N–H and O–H groups in total. The summed E-state index contributed by atoms with van der Waals surface area (Å²) in [4.78, 5) is 24.0. The van der Waals surface area contributed by atoms with Gasteiger partial charge in [-0.05, 0) is 56.9 Å². The molecule has 4 rings (SSSR count). The number of aromatic nitrogens is 2. The van der Waals surface area contributed by atoms with Crippen molar-refractivity contribution >= 4 is 11.7 Å². The van der Waals surface area contributed by atoms with E-state index in [9.17, 15) is 4.79 Å². The van der Waals surface area contributed by atoms with E-state index < -0.39 is 5.41 Å². The first-order valence-electron chi connectivity index (χ1n) is 7.65. The predicted molar refractivity (Wildman–Crippen MR) is 84.8 cm³/mol. The van der Waals surface area contributed by atoms with Crippen molar-refractivity contribution in [3.8, 4) is 0 Å². The summed E-state index contributed by atoms with van der Waals surface area (Å²) in [5.74, 6) is 0.991. The molecule has 3 heterocycles. The Labute approximate surface area is 130 Å². The Hall–Kier alpha value is -2.23. The van der Waals surface area contributed by atoms with Crippen molar-refractivity contribution in [2.45, 2.75) is 44.6 Å². The summed E-state index contributed by atoms with van der Waals surface area (Å²) in [5, 5.41) is 0. The summed E-state index contributed by atoms with van der Waals surface area (Å²) in [6, 6.07) is 6.03. The quantitative estimate of drug-likeness (QED) is 0.750. The van der Waals surface area contributed by atoms with E-state index >= 15 is 0 Å². The third-order valence-electron chi connectivity index (χ3n) is 4.79. The van der Waals surface area contributed by atoms with E-state index in [1.807, 2.05) is 29.4 Å². The fourth-order valence-corrected chi connectivity index (χ4v) is 3.84.